The third-order valence-corrected chi connectivity index (χ3v) is 8.98. The van der Waals surface area contributed by atoms with Crippen LogP contribution in [-0.2, 0) is 14.2 Å². The molecule has 0 radical (unpaired) electrons. The largest absolute Gasteiger partial charge is 0.379 e. The molecule has 0 bridgehead atoms. The number of rotatable bonds is 9. The van der Waals surface area contributed by atoms with Gasteiger partial charge in [-0.25, -0.2) is 0 Å². The zero-order chi connectivity index (χ0) is 18.5. The first kappa shape index (κ1) is 21.6. The molecule has 0 aromatic rings. The van der Waals surface area contributed by atoms with Gasteiger partial charge >= 0.3 is 0 Å². The van der Waals surface area contributed by atoms with E-state index in [0.717, 1.165) is 25.7 Å². The summed E-state index contributed by atoms with van der Waals surface area (Å²) in [4.78, 5) is 0. The van der Waals surface area contributed by atoms with E-state index in [2.05, 4.69) is 39.3 Å². The molecule has 3 rings (SSSR count). The van der Waals surface area contributed by atoms with Crippen LogP contribution in [-0.4, -0.2) is 54.3 Å². The first-order valence-corrected chi connectivity index (χ1v) is 17.9. The SMILES string of the molecule is C[Si](C)(C)CCC1CCCC2OC12.C[Si](C)(C)CCCOCC1CO1. The van der Waals surface area contributed by atoms with Crippen LogP contribution in [0.5, 0.6) is 0 Å². The molecule has 148 valence electrons. The van der Waals surface area contributed by atoms with Gasteiger partial charge in [0.15, 0.2) is 0 Å². The Bertz CT molecular complexity index is 385. The maximum atomic E-state index is 5.67. The third kappa shape index (κ3) is 10.3. The van der Waals surface area contributed by atoms with Crippen LogP contribution in [0, 0.1) is 5.92 Å². The lowest BCUT2D eigenvalue weighted by Gasteiger charge is -2.22. The molecule has 3 fully saturated rings. The summed E-state index contributed by atoms with van der Waals surface area (Å²) >= 11 is 0. The topological polar surface area (TPSA) is 34.3 Å². The normalized spacial score (nSPS) is 31.0. The van der Waals surface area contributed by atoms with Crippen LogP contribution in [0.4, 0.5) is 0 Å². The molecule has 3 nitrogen and oxygen atoms in total. The summed E-state index contributed by atoms with van der Waals surface area (Å²) in [5, 5.41) is 0. The second-order valence-electron chi connectivity index (χ2n) is 10.6. The van der Waals surface area contributed by atoms with Crippen molar-refractivity contribution in [3.05, 3.63) is 0 Å². The second-order valence-corrected chi connectivity index (χ2v) is 21.9. The maximum Gasteiger partial charge on any atom is 0.104 e. The highest BCUT2D eigenvalue weighted by Gasteiger charge is 2.46. The van der Waals surface area contributed by atoms with E-state index >= 15 is 0 Å². The smallest absolute Gasteiger partial charge is 0.104 e. The summed E-state index contributed by atoms with van der Waals surface area (Å²) in [7, 11) is -1.64. The fourth-order valence-electron chi connectivity index (χ4n) is 3.56. The van der Waals surface area contributed by atoms with Crippen molar-refractivity contribution in [3.8, 4) is 0 Å². The summed E-state index contributed by atoms with van der Waals surface area (Å²) < 4.78 is 16.2. The van der Waals surface area contributed by atoms with Crippen molar-refractivity contribution >= 4 is 16.1 Å². The minimum absolute atomic E-state index is 0.428. The number of epoxide rings is 2. The Kier molecular flexibility index (Phi) is 8.21. The monoisotopic (exact) mass is 386 g/mol. The molecular weight excluding hydrogens is 344 g/mol. The van der Waals surface area contributed by atoms with Crippen molar-refractivity contribution in [1.29, 1.82) is 0 Å². The Morgan fingerprint density at radius 2 is 1.64 bits per heavy atom. The van der Waals surface area contributed by atoms with Gasteiger partial charge in [-0.3, -0.25) is 0 Å². The van der Waals surface area contributed by atoms with Crippen LogP contribution < -0.4 is 0 Å². The van der Waals surface area contributed by atoms with Gasteiger partial charge in [0, 0.05) is 22.8 Å². The average molecular weight is 387 g/mol. The number of hydrogen-bond acceptors (Lipinski definition) is 3. The summed E-state index contributed by atoms with van der Waals surface area (Å²) in [6, 6.07) is 2.86. The molecule has 2 saturated heterocycles. The highest BCUT2D eigenvalue weighted by Crippen LogP contribution is 2.43. The lowest BCUT2D eigenvalue weighted by atomic mass is 9.87. The van der Waals surface area contributed by atoms with Gasteiger partial charge in [0.1, 0.15) is 6.10 Å². The minimum atomic E-state index is -0.830. The lowest BCUT2D eigenvalue weighted by molar-refractivity contribution is 0.117. The zero-order valence-electron chi connectivity index (χ0n) is 17.6. The Morgan fingerprint density at radius 1 is 0.960 bits per heavy atom. The van der Waals surface area contributed by atoms with Gasteiger partial charge in [-0.1, -0.05) is 64.2 Å². The average Bonchev–Trinajstić information content (AvgIpc) is 3.36. The molecule has 5 heteroatoms. The molecule has 1 saturated carbocycles. The van der Waals surface area contributed by atoms with Gasteiger partial charge in [0.25, 0.3) is 0 Å². The summed E-state index contributed by atoms with van der Waals surface area (Å²) in [5.41, 5.74) is 0. The van der Waals surface area contributed by atoms with E-state index in [1.807, 2.05) is 0 Å². The van der Waals surface area contributed by atoms with Gasteiger partial charge in [-0.15, -0.1) is 0 Å². The Labute approximate surface area is 158 Å². The van der Waals surface area contributed by atoms with Crippen LogP contribution in [0.2, 0.25) is 51.4 Å². The highest BCUT2D eigenvalue weighted by atomic mass is 28.3. The van der Waals surface area contributed by atoms with Gasteiger partial charge in [-0.05, 0) is 25.2 Å². The highest BCUT2D eigenvalue weighted by molar-refractivity contribution is 6.76. The van der Waals surface area contributed by atoms with Crippen molar-refractivity contribution in [2.75, 3.05) is 19.8 Å². The predicted molar refractivity (Wildman–Crippen MR) is 112 cm³/mol. The van der Waals surface area contributed by atoms with Crippen LogP contribution in [0.1, 0.15) is 32.1 Å². The molecular formula is C20H42O3Si2. The van der Waals surface area contributed by atoms with Crippen LogP contribution in [0.15, 0.2) is 0 Å². The second kappa shape index (κ2) is 9.49. The van der Waals surface area contributed by atoms with Crippen LogP contribution in [0.3, 0.4) is 0 Å². The third-order valence-electron chi connectivity index (χ3n) is 5.34. The van der Waals surface area contributed by atoms with Crippen LogP contribution >= 0.6 is 0 Å². The zero-order valence-corrected chi connectivity index (χ0v) is 19.6. The maximum absolute atomic E-state index is 5.67. The fraction of sp³-hybridized carbons (Fsp3) is 1.00. The van der Waals surface area contributed by atoms with Gasteiger partial charge in [-0.2, -0.15) is 0 Å². The lowest BCUT2D eigenvalue weighted by Crippen LogP contribution is -2.23. The van der Waals surface area contributed by atoms with Crippen molar-refractivity contribution in [2.45, 2.75) is 102 Å². The van der Waals surface area contributed by atoms with E-state index in [1.54, 1.807) is 0 Å². The van der Waals surface area contributed by atoms with Crippen molar-refractivity contribution in [2.24, 2.45) is 5.92 Å². The van der Waals surface area contributed by atoms with E-state index in [0.29, 0.717) is 18.3 Å². The Balaban J connectivity index is 0.000000181. The Hall–Kier alpha value is 0.314. The molecule has 4 unspecified atom stereocenters. The molecule has 3 aliphatic rings. The van der Waals surface area contributed by atoms with Gasteiger partial charge < -0.3 is 14.2 Å². The minimum Gasteiger partial charge on any atom is -0.379 e. The van der Waals surface area contributed by atoms with Crippen molar-refractivity contribution < 1.29 is 14.2 Å². The molecule has 0 amide bonds. The summed E-state index contributed by atoms with van der Waals surface area (Å²) in [5.74, 6) is 0.922. The van der Waals surface area contributed by atoms with Crippen molar-refractivity contribution in [3.63, 3.8) is 0 Å². The van der Waals surface area contributed by atoms with E-state index in [-0.39, 0.29) is 0 Å². The quantitative estimate of drug-likeness (QED) is 0.302. The van der Waals surface area contributed by atoms with E-state index in [9.17, 15) is 0 Å². The number of ether oxygens (including phenoxy) is 3. The molecule has 0 aromatic heterocycles. The number of fused-ring (bicyclic) bond motifs is 1. The molecule has 1 aliphatic carbocycles. The van der Waals surface area contributed by atoms with E-state index in [1.165, 1.54) is 44.2 Å². The predicted octanol–water partition coefficient (Wildman–Crippen LogP) is 5.41. The van der Waals surface area contributed by atoms with E-state index < -0.39 is 16.1 Å². The molecule has 0 aromatic carbocycles. The first-order chi connectivity index (χ1) is 11.6. The van der Waals surface area contributed by atoms with Crippen LogP contribution in [0.25, 0.3) is 0 Å². The fourth-order valence-corrected chi connectivity index (χ4v) is 6.00. The summed E-state index contributed by atoms with van der Waals surface area (Å²) in [6.07, 6.45) is 8.65. The molecule has 0 N–H and O–H groups in total. The Morgan fingerprint density at radius 3 is 2.24 bits per heavy atom. The molecule has 4 atom stereocenters. The van der Waals surface area contributed by atoms with Gasteiger partial charge in [0.2, 0.25) is 0 Å². The van der Waals surface area contributed by atoms with E-state index in [4.69, 9.17) is 14.2 Å². The summed E-state index contributed by atoms with van der Waals surface area (Å²) in [6.45, 7) is 17.3. The molecule has 25 heavy (non-hydrogen) atoms. The number of hydrogen-bond donors (Lipinski definition) is 0. The first-order valence-electron chi connectivity index (χ1n) is 10.5. The standard InChI is InChI=1S/C11H22OSi.C9H20O2Si/c1-13(2,3)8-7-9-5-4-6-10-11(9)12-10;1-12(2,3)6-4-5-10-7-9-8-11-9/h9-11H,4-8H2,1-3H3;9H,4-8H2,1-3H3. The van der Waals surface area contributed by atoms with Crippen molar-refractivity contribution in [1.82, 2.24) is 0 Å². The van der Waals surface area contributed by atoms with Gasteiger partial charge in [0.05, 0.1) is 25.4 Å². The molecule has 2 aliphatic heterocycles. The molecule has 2 heterocycles. The molecule has 0 spiro atoms.